The number of benzene rings is 2. The van der Waals surface area contributed by atoms with Gasteiger partial charge in [-0.05, 0) is 37.6 Å². The molecule has 0 radical (unpaired) electrons. The third-order valence-corrected chi connectivity index (χ3v) is 5.71. The molecule has 4 nitrogen and oxygen atoms in total. The van der Waals surface area contributed by atoms with Gasteiger partial charge in [-0.3, -0.25) is 4.79 Å². The number of nitrogens with zero attached hydrogens (tertiary/aromatic N) is 1. The van der Waals surface area contributed by atoms with E-state index in [1.807, 2.05) is 30.3 Å². The molecule has 1 N–H and O–H groups in total. The molecule has 1 heterocycles. The van der Waals surface area contributed by atoms with Crippen LogP contribution in [0, 0.1) is 0 Å². The summed E-state index contributed by atoms with van der Waals surface area (Å²) in [6.45, 7) is 6.69. The van der Waals surface area contributed by atoms with Crippen molar-refractivity contribution in [1.29, 1.82) is 0 Å². The summed E-state index contributed by atoms with van der Waals surface area (Å²) in [6.07, 6.45) is 2.68. The van der Waals surface area contributed by atoms with Crippen molar-refractivity contribution in [2.75, 3.05) is 24.6 Å². The zero-order valence-corrected chi connectivity index (χ0v) is 17.7. The van der Waals surface area contributed by atoms with Crippen LogP contribution in [-0.4, -0.2) is 29.9 Å². The normalized spacial score (nSPS) is 15.0. The minimum Gasteiger partial charge on any atom is -0.493 e. The number of hydrogen-bond donors (Lipinski definition) is 1. The molecule has 1 aliphatic rings. The van der Waals surface area contributed by atoms with Gasteiger partial charge >= 0.3 is 0 Å². The van der Waals surface area contributed by atoms with Gasteiger partial charge in [0.1, 0.15) is 10.1 Å². The third-order valence-electron chi connectivity index (χ3n) is 4.55. The average molecular weight is 413 g/mol. The van der Waals surface area contributed by atoms with Gasteiger partial charge in [-0.1, -0.05) is 54.3 Å². The van der Waals surface area contributed by atoms with Crippen LogP contribution in [0.25, 0.3) is 6.08 Å². The Morgan fingerprint density at radius 1 is 1.14 bits per heavy atom. The van der Waals surface area contributed by atoms with Gasteiger partial charge in [0, 0.05) is 36.8 Å². The summed E-state index contributed by atoms with van der Waals surface area (Å²) < 4.78 is 6.64. The molecule has 0 aromatic heterocycles. The van der Waals surface area contributed by atoms with Crippen LogP contribution in [0.1, 0.15) is 25.0 Å². The SMILES string of the molecule is CCN(CC)c1ccc(C=C2SC(=S)NC2=O)c(OCCc2ccccc2)c1. The number of rotatable bonds is 8. The second kappa shape index (κ2) is 9.75. The molecule has 2 aromatic rings. The van der Waals surface area contributed by atoms with E-state index in [9.17, 15) is 4.79 Å². The highest BCUT2D eigenvalue weighted by molar-refractivity contribution is 8.26. The number of nitrogens with one attached hydrogen (secondary N) is 1. The van der Waals surface area contributed by atoms with E-state index in [0.29, 0.717) is 15.8 Å². The van der Waals surface area contributed by atoms with Crippen molar-refractivity contribution in [3.05, 3.63) is 64.6 Å². The Balaban J connectivity index is 1.84. The van der Waals surface area contributed by atoms with Gasteiger partial charge in [-0.25, -0.2) is 0 Å². The van der Waals surface area contributed by atoms with Crippen molar-refractivity contribution in [2.45, 2.75) is 20.3 Å². The number of carbonyl (C=O) groups is 1. The predicted octanol–water partition coefficient (Wildman–Crippen LogP) is 4.64. The lowest BCUT2D eigenvalue weighted by atomic mass is 10.1. The van der Waals surface area contributed by atoms with Crippen molar-refractivity contribution in [3.8, 4) is 5.75 Å². The van der Waals surface area contributed by atoms with E-state index in [-0.39, 0.29) is 5.91 Å². The van der Waals surface area contributed by atoms with E-state index in [1.54, 1.807) is 0 Å². The van der Waals surface area contributed by atoms with Gasteiger partial charge in [0.15, 0.2) is 0 Å². The average Bonchev–Trinajstić information content (AvgIpc) is 3.02. The molecule has 0 aliphatic carbocycles. The van der Waals surface area contributed by atoms with Gasteiger partial charge in [0.05, 0.1) is 11.5 Å². The fraction of sp³-hybridized carbons (Fsp3) is 0.273. The summed E-state index contributed by atoms with van der Waals surface area (Å²) in [5.41, 5.74) is 3.23. The minimum absolute atomic E-state index is 0.155. The zero-order chi connectivity index (χ0) is 19.9. The molecule has 0 unspecified atom stereocenters. The van der Waals surface area contributed by atoms with Crippen LogP contribution in [-0.2, 0) is 11.2 Å². The van der Waals surface area contributed by atoms with Crippen molar-refractivity contribution >= 4 is 46.0 Å². The number of carbonyl (C=O) groups excluding carboxylic acids is 1. The Labute approximate surface area is 176 Å². The van der Waals surface area contributed by atoms with Crippen LogP contribution in [0.5, 0.6) is 5.75 Å². The van der Waals surface area contributed by atoms with Crippen LogP contribution in [0.3, 0.4) is 0 Å². The van der Waals surface area contributed by atoms with Gasteiger partial charge in [-0.15, -0.1) is 0 Å². The minimum atomic E-state index is -0.155. The molecule has 1 fully saturated rings. The zero-order valence-electron chi connectivity index (χ0n) is 16.1. The number of thioether (sulfide) groups is 1. The molecule has 0 spiro atoms. The molecule has 1 aliphatic heterocycles. The molecule has 0 atom stereocenters. The van der Waals surface area contributed by atoms with E-state index in [4.69, 9.17) is 17.0 Å². The highest BCUT2D eigenvalue weighted by Gasteiger charge is 2.22. The quantitative estimate of drug-likeness (QED) is 0.505. The van der Waals surface area contributed by atoms with Gasteiger partial charge in [-0.2, -0.15) is 0 Å². The summed E-state index contributed by atoms with van der Waals surface area (Å²) >= 11 is 6.37. The second-order valence-corrected chi connectivity index (χ2v) is 8.05. The van der Waals surface area contributed by atoms with E-state index in [0.717, 1.165) is 36.5 Å². The van der Waals surface area contributed by atoms with E-state index >= 15 is 0 Å². The van der Waals surface area contributed by atoms with Crippen molar-refractivity contribution < 1.29 is 9.53 Å². The summed E-state index contributed by atoms with van der Waals surface area (Å²) in [5.74, 6) is 0.622. The maximum absolute atomic E-state index is 12.0. The standard InChI is InChI=1S/C22H24N2O2S2/c1-3-24(4-2)18-11-10-17(14-20-21(25)23-22(27)28-20)19(15-18)26-13-12-16-8-6-5-7-9-16/h5-11,14-15H,3-4,12-13H2,1-2H3,(H,23,25,27). The van der Waals surface area contributed by atoms with Crippen LogP contribution in [0.2, 0.25) is 0 Å². The monoisotopic (exact) mass is 412 g/mol. The molecule has 3 rings (SSSR count). The first-order valence-corrected chi connectivity index (χ1v) is 10.6. The number of ether oxygens (including phenoxy) is 1. The number of hydrogen-bond acceptors (Lipinski definition) is 5. The fourth-order valence-electron chi connectivity index (χ4n) is 3.04. The van der Waals surface area contributed by atoms with Gasteiger partial charge < -0.3 is 15.0 Å². The van der Waals surface area contributed by atoms with E-state index in [2.05, 4.69) is 48.3 Å². The van der Waals surface area contributed by atoms with Gasteiger partial charge in [0.25, 0.3) is 5.91 Å². The molecule has 146 valence electrons. The second-order valence-electron chi connectivity index (χ2n) is 6.33. The number of anilines is 1. The maximum atomic E-state index is 12.0. The molecule has 1 saturated heterocycles. The molecule has 1 amide bonds. The molecule has 2 aromatic carbocycles. The fourth-order valence-corrected chi connectivity index (χ4v) is 4.07. The predicted molar refractivity (Wildman–Crippen MR) is 122 cm³/mol. The lowest BCUT2D eigenvalue weighted by molar-refractivity contribution is -0.115. The largest absolute Gasteiger partial charge is 0.493 e. The summed E-state index contributed by atoms with van der Waals surface area (Å²) in [5, 5.41) is 2.66. The third kappa shape index (κ3) is 5.14. The van der Waals surface area contributed by atoms with E-state index < -0.39 is 0 Å². The summed E-state index contributed by atoms with van der Waals surface area (Å²) in [6, 6.07) is 16.4. The molecule has 28 heavy (non-hydrogen) atoms. The lowest BCUT2D eigenvalue weighted by Crippen LogP contribution is -2.21. The smallest absolute Gasteiger partial charge is 0.263 e. The number of thiocarbonyl (C=S) groups is 1. The van der Waals surface area contributed by atoms with Crippen LogP contribution >= 0.6 is 24.0 Å². The Kier molecular flexibility index (Phi) is 7.12. The lowest BCUT2D eigenvalue weighted by Gasteiger charge is -2.22. The number of amides is 1. The summed E-state index contributed by atoms with van der Waals surface area (Å²) in [7, 11) is 0. The maximum Gasteiger partial charge on any atom is 0.263 e. The first-order chi connectivity index (χ1) is 13.6. The van der Waals surface area contributed by atoms with Crippen LogP contribution < -0.4 is 15.0 Å². The molecule has 0 bridgehead atoms. The first-order valence-electron chi connectivity index (χ1n) is 9.41. The molecular formula is C22H24N2O2S2. The van der Waals surface area contributed by atoms with Crippen molar-refractivity contribution in [2.24, 2.45) is 0 Å². The molecular weight excluding hydrogens is 388 g/mol. The first kappa shape index (κ1) is 20.4. The highest BCUT2D eigenvalue weighted by Crippen LogP contribution is 2.32. The van der Waals surface area contributed by atoms with Crippen molar-refractivity contribution in [1.82, 2.24) is 5.32 Å². The van der Waals surface area contributed by atoms with Crippen LogP contribution in [0.15, 0.2) is 53.4 Å². The van der Waals surface area contributed by atoms with E-state index in [1.165, 1.54) is 17.3 Å². The van der Waals surface area contributed by atoms with Crippen molar-refractivity contribution in [3.63, 3.8) is 0 Å². The molecule has 6 heteroatoms. The Hall–Kier alpha value is -2.31. The topological polar surface area (TPSA) is 41.6 Å². The Morgan fingerprint density at radius 3 is 2.54 bits per heavy atom. The highest BCUT2D eigenvalue weighted by atomic mass is 32.2. The van der Waals surface area contributed by atoms with Crippen LogP contribution in [0.4, 0.5) is 5.69 Å². The summed E-state index contributed by atoms with van der Waals surface area (Å²) in [4.78, 5) is 14.9. The van der Waals surface area contributed by atoms with Gasteiger partial charge in [0.2, 0.25) is 0 Å². The Bertz CT molecular complexity index is 877. The Morgan fingerprint density at radius 2 is 1.89 bits per heavy atom. The molecule has 0 saturated carbocycles.